The molecule has 1 aliphatic heterocycles. The van der Waals surface area contributed by atoms with E-state index < -0.39 is 0 Å². The van der Waals surface area contributed by atoms with Crippen molar-refractivity contribution in [3.05, 3.63) is 47.0 Å². The van der Waals surface area contributed by atoms with Crippen LogP contribution >= 0.6 is 17.0 Å². The predicted octanol–water partition coefficient (Wildman–Crippen LogP) is 3.96. The van der Waals surface area contributed by atoms with Gasteiger partial charge in [0, 0.05) is 13.0 Å². The van der Waals surface area contributed by atoms with Crippen LogP contribution in [0.5, 0.6) is 0 Å². The average Bonchev–Trinajstić information content (AvgIpc) is 2.73. The van der Waals surface area contributed by atoms with E-state index in [0.717, 1.165) is 37.2 Å². The Labute approximate surface area is 141 Å². The van der Waals surface area contributed by atoms with E-state index in [2.05, 4.69) is 26.9 Å². The molecule has 0 radical (unpaired) electrons. The molecule has 1 aliphatic rings. The second kappa shape index (κ2) is 7.37. The van der Waals surface area contributed by atoms with Gasteiger partial charge in [0.1, 0.15) is 11.9 Å². The number of aromatic nitrogens is 3. The van der Waals surface area contributed by atoms with Gasteiger partial charge in [0.25, 0.3) is 0 Å². The van der Waals surface area contributed by atoms with Crippen LogP contribution in [-0.4, -0.2) is 14.8 Å². The summed E-state index contributed by atoms with van der Waals surface area (Å²) < 4.78 is 2.11. The fourth-order valence-corrected chi connectivity index (χ4v) is 2.76. The van der Waals surface area contributed by atoms with Crippen molar-refractivity contribution in [1.82, 2.24) is 14.8 Å². The van der Waals surface area contributed by atoms with E-state index in [1.807, 2.05) is 31.2 Å². The van der Waals surface area contributed by atoms with Crippen molar-refractivity contribution >= 4 is 28.6 Å². The van der Waals surface area contributed by atoms with Crippen molar-refractivity contribution in [1.29, 1.82) is 5.26 Å². The number of nitriles is 1. The molecule has 1 aromatic carbocycles. The fraction of sp³-hybridized carbons (Fsp3) is 0.353. The minimum atomic E-state index is 0. The summed E-state index contributed by atoms with van der Waals surface area (Å²) in [5.41, 5.74) is 2.79. The number of benzene rings is 1. The van der Waals surface area contributed by atoms with Crippen LogP contribution in [-0.2, 0) is 13.0 Å². The zero-order valence-electron chi connectivity index (χ0n) is 12.6. The normalized spacial score (nSPS) is 14.5. The molecule has 0 amide bonds. The van der Waals surface area contributed by atoms with Crippen molar-refractivity contribution in [2.45, 2.75) is 39.2 Å². The average molecular weight is 359 g/mol. The molecule has 0 spiro atoms. The second-order valence-corrected chi connectivity index (χ2v) is 5.49. The molecule has 5 heteroatoms. The molecule has 0 atom stereocenters. The third-order valence-electron chi connectivity index (χ3n) is 3.82. The maximum absolute atomic E-state index is 9.50. The Morgan fingerprint density at radius 3 is 2.91 bits per heavy atom. The second-order valence-electron chi connectivity index (χ2n) is 5.49. The number of fused-ring (bicyclic) bond motifs is 1. The lowest BCUT2D eigenvalue weighted by molar-refractivity contribution is 0.627. The Hall–Kier alpha value is -1.93. The van der Waals surface area contributed by atoms with E-state index in [4.69, 9.17) is 0 Å². The van der Waals surface area contributed by atoms with Gasteiger partial charge in [-0.3, -0.25) is 0 Å². The van der Waals surface area contributed by atoms with Gasteiger partial charge < -0.3 is 4.57 Å². The molecule has 2 heterocycles. The van der Waals surface area contributed by atoms with Crippen molar-refractivity contribution in [3.63, 3.8) is 0 Å². The number of nitrogens with zero attached hydrogens (tertiary/aromatic N) is 4. The van der Waals surface area contributed by atoms with Gasteiger partial charge >= 0.3 is 0 Å². The van der Waals surface area contributed by atoms with E-state index in [1.54, 1.807) is 0 Å². The molecule has 114 valence electrons. The highest BCUT2D eigenvalue weighted by atomic mass is 79.9. The first kappa shape index (κ1) is 16.4. The highest BCUT2D eigenvalue weighted by molar-refractivity contribution is 8.93. The molecule has 3 rings (SSSR count). The van der Waals surface area contributed by atoms with Crippen molar-refractivity contribution < 1.29 is 0 Å². The van der Waals surface area contributed by atoms with E-state index >= 15 is 0 Å². The van der Waals surface area contributed by atoms with Gasteiger partial charge in [-0.1, -0.05) is 36.2 Å². The zero-order chi connectivity index (χ0) is 14.7. The molecule has 0 saturated carbocycles. The van der Waals surface area contributed by atoms with Crippen LogP contribution in [0.2, 0.25) is 0 Å². The van der Waals surface area contributed by atoms with Gasteiger partial charge in [0.2, 0.25) is 0 Å². The summed E-state index contributed by atoms with van der Waals surface area (Å²) in [5, 5.41) is 18.0. The zero-order valence-corrected chi connectivity index (χ0v) is 14.3. The number of rotatable bonds is 2. The topological polar surface area (TPSA) is 54.5 Å². The van der Waals surface area contributed by atoms with Crippen LogP contribution in [0.1, 0.15) is 42.0 Å². The number of aryl methyl sites for hydroxylation is 2. The molecule has 0 bridgehead atoms. The highest BCUT2D eigenvalue weighted by Crippen LogP contribution is 2.21. The monoisotopic (exact) mass is 358 g/mol. The predicted molar refractivity (Wildman–Crippen MR) is 92.6 cm³/mol. The molecule has 0 N–H and O–H groups in total. The Balaban J connectivity index is 0.00000176. The van der Waals surface area contributed by atoms with Crippen LogP contribution in [0.25, 0.3) is 11.6 Å². The molecule has 22 heavy (non-hydrogen) atoms. The van der Waals surface area contributed by atoms with Crippen molar-refractivity contribution in [3.8, 4) is 6.07 Å². The van der Waals surface area contributed by atoms with E-state index in [1.165, 1.54) is 12.0 Å². The van der Waals surface area contributed by atoms with Crippen molar-refractivity contribution in [2.75, 3.05) is 0 Å². The number of hydrogen-bond donors (Lipinski definition) is 0. The minimum absolute atomic E-state index is 0. The molecule has 0 unspecified atom stereocenters. The summed E-state index contributed by atoms with van der Waals surface area (Å²) >= 11 is 0. The first-order valence-corrected chi connectivity index (χ1v) is 7.39. The largest absolute Gasteiger partial charge is 0.310 e. The summed E-state index contributed by atoms with van der Waals surface area (Å²) in [4.78, 5) is 0. The third-order valence-corrected chi connectivity index (χ3v) is 3.82. The maximum atomic E-state index is 9.50. The molecule has 0 fully saturated rings. The molecule has 4 nitrogen and oxygen atoms in total. The smallest absolute Gasteiger partial charge is 0.174 e. The molecular formula is C17H19BrN4. The number of hydrogen-bond acceptors (Lipinski definition) is 3. The third kappa shape index (κ3) is 3.45. The first-order valence-electron chi connectivity index (χ1n) is 7.39. The maximum Gasteiger partial charge on any atom is 0.174 e. The number of halogens is 1. The lowest BCUT2D eigenvalue weighted by Crippen LogP contribution is -2.05. The molecular weight excluding hydrogens is 340 g/mol. The Bertz CT molecular complexity index is 725. The Kier molecular flexibility index (Phi) is 5.51. The molecule has 0 aliphatic carbocycles. The summed E-state index contributed by atoms with van der Waals surface area (Å²) in [6.45, 7) is 2.96. The van der Waals surface area contributed by atoms with Crippen LogP contribution < -0.4 is 0 Å². The molecule has 2 aromatic rings. The summed E-state index contributed by atoms with van der Waals surface area (Å²) in [6, 6.07) is 10.4. The van der Waals surface area contributed by atoms with Gasteiger partial charge in [-0.05, 0) is 31.4 Å². The van der Waals surface area contributed by atoms with Gasteiger partial charge in [-0.25, -0.2) is 0 Å². The standard InChI is InChI=1S/C17H18N4.BrH/c1-13-6-5-7-14(10-13)11-15(12-18)17-20-19-16-8-3-2-4-9-21(16)17;/h5-7,10-11H,2-4,8-9H2,1H3;1H/b15-11+;. The fourth-order valence-electron chi connectivity index (χ4n) is 2.76. The van der Waals surface area contributed by atoms with Gasteiger partial charge in [-0.2, -0.15) is 5.26 Å². The van der Waals surface area contributed by atoms with Crippen LogP contribution in [0, 0.1) is 18.3 Å². The molecule has 1 aromatic heterocycles. The lowest BCUT2D eigenvalue weighted by Gasteiger charge is -2.06. The summed E-state index contributed by atoms with van der Waals surface area (Å²) in [5.74, 6) is 1.71. The summed E-state index contributed by atoms with van der Waals surface area (Å²) in [7, 11) is 0. The van der Waals surface area contributed by atoms with Gasteiger partial charge in [-0.15, -0.1) is 27.2 Å². The quantitative estimate of drug-likeness (QED) is 0.763. The van der Waals surface area contributed by atoms with E-state index in [0.29, 0.717) is 11.4 Å². The highest BCUT2D eigenvalue weighted by Gasteiger charge is 2.17. The van der Waals surface area contributed by atoms with Gasteiger partial charge in [0.05, 0.1) is 5.57 Å². The van der Waals surface area contributed by atoms with Crippen LogP contribution in [0.3, 0.4) is 0 Å². The van der Waals surface area contributed by atoms with Gasteiger partial charge in [0.15, 0.2) is 5.82 Å². The van der Waals surface area contributed by atoms with Crippen LogP contribution in [0.4, 0.5) is 0 Å². The summed E-state index contributed by atoms with van der Waals surface area (Å²) in [6.07, 6.45) is 6.35. The Morgan fingerprint density at radius 2 is 2.14 bits per heavy atom. The Morgan fingerprint density at radius 1 is 1.27 bits per heavy atom. The van der Waals surface area contributed by atoms with Crippen molar-refractivity contribution in [2.24, 2.45) is 0 Å². The lowest BCUT2D eigenvalue weighted by atomic mass is 10.1. The van der Waals surface area contributed by atoms with E-state index in [9.17, 15) is 5.26 Å². The van der Waals surface area contributed by atoms with Crippen LogP contribution in [0.15, 0.2) is 24.3 Å². The minimum Gasteiger partial charge on any atom is -0.310 e. The first-order chi connectivity index (χ1) is 10.3. The molecule has 0 saturated heterocycles. The SMILES string of the molecule is Br.Cc1cccc(/C=C(\C#N)c2nnc3n2CCCCC3)c1. The number of allylic oxidation sites excluding steroid dienone is 1. The van der Waals surface area contributed by atoms with E-state index in [-0.39, 0.29) is 17.0 Å².